The number of nitrogens with zero attached hydrogens (tertiary/aromatic N) is 1. The minimum Gasteiger partial charge on any atom is -0.480 e. The second-order valence-corrected chi connectivity index (χ2v) is 5.38. The van der Waals surface area contributed by atoms with Crippen LogP contribution in [0, 0.1) is 0 Å². The molecule has 1 aliphatic heterocycles. The first-order valence-corrected chi connectivity index (χ1v) is 6.68. The largest absolute Gasteiger partial charge is 0.480 e. The highest BCUT2D eigenvalue weighted by molar-refractivity contribution is 6.30. The monoisotopic (exact) mass is 267 g/mol. The van der Waals surface area contributed by atoms with Gasteiger partial charge in [0.25, 0.3) is 0 Å². The van der Waals surface area contributed by atoms with Crippen LogP contribution in [-0.4, -0.2) is 35.1 Å². The Hall–Kier alpha value is -1.06. The summed E-state index contributed by atoms with van der Waals surface area (Å²) in [6, 6.07) is 7.48. The molecule has 18 heavy (non-hydrogen) atoms. The molecule has 0 aromatic heterocycles. The van der Waals surface area contributed by atoms with E-state index in [1.807, 2.05) is 24.3 Å². The number of carboxylic acid groups (broad SMARTS) is 1. The van der Waals surface area contributed by atoms with Gasteiger partial charge in [-0.3, -0.25) is 9.69 Å². The Balaban J connectivity index is 2.03. The van der Waals surface area contributed by atoms with Crippen LogP contribution in [0.25, 0.3) is 0 Å². The minimum atomic E-state index is -0.703. The SMILES string of the molecule is CC(CN1CCC[C@@H]1C(=O)O)c1cccc(Cl)c1. The summed E-state index contributed by atoms with van der Waals surface area (Å²) in [5, 5.41) is 9.88. The van der Waals surface area contributed by atoms with Crippen LogP contribution in [0.1, 0.15) is 31.2 Å². The van der Waals surface area contributed by atoms with Crippen molar-refractivity contribution < 1.29 is 9.90 Å². The molecule has 0 bridgehead atoms. The number of likely N-dealkylation sites (tertiary alicyclic amines) is 1. The zero-order valence-corrected chi connectivity index (χ0v) is 11.2. The lowest BCUT2D eigenvalue weighted by Gasteiger charge is -2.25. The standard InChI is InChI=1S/C14H18ClNO2/c1-10(11-4-2-5-12(15)8-11)9-16-7-3-6-13(16)14(17)18/h2,4-5,8,10,13H,3,6-7,9H2,1H3,(H,17,18)/t10?,13-/m1/s1. The van der Waals surface area contributed by atoms with E-state index < -0.39 is 5.97 Å². The fourth-order valence-electron chi connectivity index (χ4n) is 2.59. The van der Waals surface area contributed by atoms with E-state index in [1.54, 1.807) is 0 Å². The third kappa shape index (κ3) is 3.03. The van der Waals surface area contributed by atoms with Gasteiger partial charge in [0.05, 0.1) is 0 Å². The number of hydrogen-bond acceptors (Lipinski definition) is 2. The van der Waals surface area contributed by atoms with E-state index in [4.69, 9.17) is 16.7 Å². The highest BCUT2D eigenvalue weighted by Gasteiger charge is 2.31. The molecule has 0 saturated carbocycles. The van der Waals surface area contributed by atoms with Crippen LogP contribution in [0.5, 0.6) is 0 Å². The van der Waals surface area contributed by atoms with E-state index in [9.17, 15) is 4.79 Å². The van der Waals surface area contributed by atoms with E-state index >= 15 is 0 Å². The summed E-state index contributed by atoms with van der Waals surface area (Å²) in [4.78, 5) is 13.2. The van der Waals surface area contributed by atoms with Crippen LogP contribution in [0.2, 0.25) is 5.02 Å². The molecule has 2 rings (SSSR count). The second kappa shape index (κ2) is 5.72. The molecule has 98 valence electrons. The fraction of sp³-hybridized carbons (Fsp3) is 0.500. The van der Waals surface area contributed by atoms with Gasteiger partial charge in [-0.1, -0.05) is 30.7 Å². The Morgan fingerprint density at radius 1 is 1.61 bits per heavy atom. The maximum Gasteiger partial charge on any atom is 0.320 e. The van der Waals surface area contributed by atoms with Crippen molar-refractivity contribution in [2.24, 2.45) is 0 Å². The van der Waals surface area contributed by atoms with Gasteiger partial charge < -0.3 is 5.11 Å². The van der Waals surface area contributed by atoms with Crippen molar-refractivity contribution in [3.8, 4) is 0 Å². The first-order chi connectivity index (χ1) is 8.58. The van der Waals surface area contributed by atoms with E-state index in [0.29, 0.717) is 5.92 Å². The molecule has 2 atom stereocenters. The topological polar surface area (TPSA) is 40.5 Å². The molecule has 0 amide bonds. The number of rotatable bonds is 4. The van der Waals surface area contributed by atoms with E-state index in [-0.39, 0.29) is 6.04 Å². The molecule has 1 aromatic carbocycles. The van der Waals surface area contributed by atoms with E-state index in [1.165, 1.54) is 5.56 Å². The van der Waals surface area contributed by atoms with Gasteiger partial charge in [0.1, 0.15) is 6.04 Å². The predicted molar refractivity (Wildman–Crippen MR) is 72.1 cm³/mol. The van der Waals surface area contributed by atoms with Gasteiger partial charge in [-0.25, -0.2) is 0 Å². The molecule has 1 N–H and O–H groups in total. The molecule has 1 aliphatic rings. The maximum atomic E-state index is 11.1. The molecule has 0 spiro atoms. The minimum absolute atomic E-state index is 0.295. The molecular formula is C14H18ClNO2. The van der Waals surface area contributed by atoms with Crippen molar-refractivity contribution in [1.29, 1.82) is 0 Å². The summed E-state index contributed by atoms with van der Waals surface area (Å²) in [6.07, 6.45) is 1.73. The number of aliphatic carboxylic acids is 1. The van der Waals surface area contributed by atoms with Crippen molar-refractivity contribution in [2.75, 3.05) is 13.1 Å². The quantitative estimate of drug-likeness (QED) is 0.912. The first kappa shape index (κ1) is 13.4. The van der Waals surface area contributed by atoms with E-state index in [0.717, 1.165) is 31.0 Å². The van der Waals surface area contributed by atoms with Gasteiger partial charge >= 0.3 is 5.97 Å². The molecule has 1 heterocycles. The Kier molecular flexibility index (Phi) is 4.25. The summed E-state index contributed by atoms with van der Waals surface area (Å²) in [6.45, 7) is 3.77. The van der Waals surface area contributed by atoms with Gasteiger partial charge in [-0.2, -0.15) is 0 Å². The number of hydrogen-bond donors (Lipinski definition) is 1. The smallest absolute Gasteiger partial charge is 0.320 e. The Labute approximate surface area is 112 Å². The summed E-state index contributed by atoms with van der Waals surface area (Å²) in [5.41, 5.74) is 1.17. The first-order valence-electron chi connectivity index (χ1n) is 6.30. The van der Waals surface area contributed by atoms with Crippen molar-refractivity contribution in [3.05, 3.63) is 34.9 Å². The molecule has 0 aliphatic carbocycles. The molecule has 3 nitrogen and oxygen atoms in total. The summed E-state index contributed by atoms with van der Waals surface area (Å²) in [7, 11) is 0. The Morgan fingerprint density at radius 3 is 3.06 bits per heavy atom. The molecule has 0 radical (unpaired) electrons. The van der Waals surface area contributed by atoms with Gasteiger partial charge in [0.2, 0.25) is 0 Å². The zero-order chi connectivity index (χ0) is 13.1. The number of carboxylic acids is 1. The van der Waals surface area contributed by atoms with Crippen LogP contribution in [0.3, 0.4) is 0 Å². The Morgan fingerprint density at radius 2 is 2.39 bits per heavy atom. The number of carbonyl (C=O) groups is 1. The normalized spacial score (nSPS) is 22.0. The third-order valence-electron chi connectivity index (χ3n) is 3.57. The lowest BCUT2D eigenvalue weighted by atomic mass is 10.0. The van der Waals surface area contributed by atoms with E-state index in [2.05, 4.69) is 11.8 Å². The van der Waals surface area contributed by atoms with Gasteiger partial charge in [0, 0.05) is 11.6 Å². The van der Waals surface area contributed by atoms with Gasteiger partial charge in [-0.15, -0.1) is 0 Å². The van der Waals surface area contributed by atoms with Crippen LogP contribution < -0.4 is 0 Å². The molecular weight excluding hydrogens is 250 g/mol. The maximum absolute atomic E-state index is 11.1. The van der Waals surface area contributed by atoms with Gasteiger partial charge in [0.15, 0.2) is 0 Å². The number of halogens is 1. The lowest BCUT2D eigenvalue weighted by molar-refractivity contribution is -0.142. The number of benzene rings is 1. The molecule has 1 fully saturated rings. The summed E-state index contributed by atoms with van der Waals surface area (Å²) >= 11 is 5.98. The van der Waals surface area contributed by atoms with Crippen molar-refractivity contribution in [2.45, 2.75) is 31.7 Å². The average molecular weight is 268 g/mol. The molecule has 1 unspecified atom stereocenters. The molecule has 1 saturated heterocycles. The van der Waals surface area contributed by atoms with Crippen LogP contribution in [-0.2, 0) is 4.79 Å². The fourth-order valence-corrected chi connectivity index (χ4v) is 2.79. The van der Waals surface area contributed by atoms with Crippen molar-refractivity contribution >= 4 is 17.6 Å². The van der Waals surface area contributed by atoms with Crippen molar-refractivity contribution in [1.82, 2.24) is 4.90 Å². The predicted octanol–water partition coefficient (Wildman–Crippen LogP) is 2.99. The molecule has 4 heteroatoms. The summed E-state index contributed by atoms with van der Waals surface area (Å²) < 4.78 is 0. The van der Waals surface area contributed by atoms with Crippen LogP contribution in [0.15, 0.2) is 24.3 Å². The van der Waals surface area contributed by atoms with Crippen LogP contribution >= 0.6 is 11.6 Å². The van der Waals surface area contributed by atoms with Crippen molar-refractivity contribution in [3.63, 3.8) is 0 Å². The zero-order valence-electron chi connectivity index (χ0n) is 10.5. The van der Waals surface area contributed by atoms with Crippen LogP contribution in [0.4, 0.5) is 0 Å². The average Bonchev–Trinajstić information content (AvgIpc) is 2.77. The highest BCUT2D eigenvalue weighted by Crippen LogP contribution is 2.24. The summed E-state index contributed by atoms with van der Waals surface area (Å²) in [5.74, 6) is -0.408. The second-order valence-electron chi connectivity index (χ2n) is 4.95. The lowest BCUT2D eigenvalue weighted by Crippen LogP contribution is -2.38. The Bertz CT molecular complexity index is 436. The highest BCUT2D eigenvalue weighted by atomic mass is 35.5. The van der Waals surface area contributed by atoms with Gasteiger partial charge in [-0.05, 0) is 43.0 Å². The molecule has 1 aromatic rings. The third-order valence-corrected chi connectivity index (χ3v) is 3.81.